The van der Waals surface area contributed by atoms with E-state index in [1.807, 2.05) is 20.8 Å². The quantitative estimate of drug-likeness (QED) is 0.775. The van der Waals surface area contributed by atoms with Crippen molar-refractivity contribution >= 4 is 11.9 Å². The summed E-state index contributed by atoms with van der Waals surface area (Å²) in [6.07, 6.45) is 3.68. The minimum absolute atomic E-state index is 0.132. The van der Waals surface area contributed by atoms with Gasteiger partial charge in [0.2, 0.25) is 0 Å². The molecule has 0 aromatic heterocycles. The van der Waals surface area contributed by atoms with E-state index in [-0.39, 0.29) is 5.78 Å². The lowest BCUT2D eigenvalue weighted by Gasteiger charge is -2.30. The molecule has 0 aliphatic heterocycles. The molecule has 1 aliphatic carbocycles. The number of hydrogen-bond donors (Lipinski definition) is 0. The average Bonchev–Trinajstić information content (AvgIpc) is 2.18. The summed E-state index contributed by atoms with van der Waals surface area (Å²) in [6.45, 7) is 7.23. The van der Waals surface area contributed by atoms with E-state index in [4.69, 9.17) is 4.74 Å². The van der Waals surface area contributed by atoms with E-state index < -0.39 is 17.7 Å². The van der Waals surface area contributed by atoms with E-state index in [2.05, 4.69) is 0 Å². The van der Waals surface area contributed by atoms with Crippen molar-refractivity contribution < 1.29 is 14.3 Å². The van der Waals surface area contributed by atoms with E-state index >= 15 is 0 Å². The molecular weight excluding hydrogens is 230 g/mol. The first kappa shape index (κ1) is 15.0. The third-order valence-corrected chi connectivity index (χ3v) is 3.44. The molecule has 1 fully saturated rings. The molecule has 0 saturated heterocycles. The summed E-state index contributed by atoms with van der Waals surface area (Å²) in [6, 6.07) is -0.402. The zero-order chi connectivity index (χ0) is 13.9. The summed E-state index contributed by atoms with van der Waals surface area (Å²) < 4.78 is 5.25. The highest BCUT2D eigenvalue weighted by Crippen LogP contribution is 2.30. The highest BCUT2D eigenvalue weighted by molar-refractivity contribution is 5.87. The first-order chi connectivity index (χ1) is 8.20. The van der Waals surface area contributed by atoms with Crippen LogP contribution in [0.2, 0.25) is 0 Å². The summed E-state index contributed by atoms with van der Waals surface area (Å²) in [5.41, 5.74) is -0.526. The van der Waals surface area contributed by atoms with Crippen molar-refractivity contribution in [2.45, 2.75) is 65.0 Å². The Hall–Kier alpha value is -1.06. The number of ether oxygens (including phenoxy) is 1. The third-order valence-electron chi connectivity index (χ3n) is 3.44. The standard InChI is InChI=1S/C14H25NO3/c1-10(12(16)9-11-7-6-8-11)15(5)13(17)18-14(2,3)4/h10-11H,6-9H2,1-5H3. The highest BCUT2D eigenvalue weighted by atomic mass is 16.6. The van der Waals surface area contributed by atoms with Gasteiger partial charge in [-0.1, -0.05) is 19.3 Å². The second-order valence-electron chi connectivity index (χ2n) is 6.23. The van der Waals surface area contributed by atoms with Crippen molar-refractivity contribution in [2.24, 2.45) is 5.92 Å². The molecule has 0 aromatic rings. The van der Waals surface area contributed by atoms with Crippen molar-refractivity contribution in [3.8, 4) is 0 Å². The zero-order valence-corrected chi connectivity index (χ0v) is 12.2. The molecule has 1 saturated carbocycles. The Bertz CT molecular complexity index is 315. The maximum atomic E-state index is 12.0. The largest absolute Gasteiger partial charge is 0.444 e. The molecule has 4 nitrogen and oxygen atoms in total. The van der Waals surface area contributed by atoms with Crippen LogP contribution in [-0.4, -0.2) is 35.5 Å². The molecule has 1 rings (SSSR count). The molecule has 4 heteroatoms. The number of rotatable bonds is 4. The first-order valence-corrected chi connectivity index (χ1v) is 6.69. The Kier molecular flexibility index (Phi) is 4.77. The van der Waals surface area contributed by atoms with Crippen molar-refractivity contribution in [2.75, 3.05) is 7.05 Å². The van der Waals surface area contributed by atoms with Crippen LogP contribution in [0.5, 0.6) is 0 Å². The van der Waals surface area contributed by atoms with Crippen LogP contribution in [0.25, 0.3) is 0 Å². The van der Waals surface area contributed by atoms with Gasteiger partial charge in [-0.3, -0.25) is 4.79 Å². The second kappa shape index (κ2) is 5.72. The number of likely N-dealkylation sites (N-methyl/N-ethyl adjacent to an activating group) is 1. The summed E-state index contributed by atoms with van der Waals surface area (Å²) in [5.74, 6) is 0.667. The van der Waals surface area contributed by atoms with Gasteiger partial charge >= 0.3 is 6.09 Å². The van der Waals surface area contributed by atoms with Crippen LogP contribution in [0.3, 0.4) is 0 Å². The highest BCUT2D eigenvalue weighted by Gasteiger charge is 2.29. The molecule has 104 valence electrons. The smallest absolute Gasteiger partial charge is 0.410 e. The second-order valence-corrected chi connectivity index (χ2v) is 6.23. The Morgan fingerprint density at radius 1 is 1.33 bits per heavy atom. The Balaban J connectivity index is 2.45. The molecule has 1 atom stereocenters. The summed E-state index contributed by atoms with van der Waals surface area (Å²) in [7, 11) is 1.62. The lowest BCUT2D eigenvalue weighted by atomic mass is 9.81. The first-order valence-electron chi connectivity index (χ1n) is 6.69. The normalized spacial score (nSPS) is 17.8. The molecule has 1 amide bonds. The predicted molar refractivity (Wildman–Crippen MR) is 70.4 cm³/mol. The van der Waals surface area contributed by atoms with E-state index in [1.165, 1.54) is 11.3 Å². The number of carbonyl (C=O) groups excluding carboxylic acids is 2. The van der Waals surface area contributed by atoms with Gasteiger partial charge in [0, 0.05) is 13.5 Å². The van der Waals surface area contributed by atoms with Crippen LogP contribution < -0.4 is 0 Å². The lowest BCUT2D eigenvalue weighted by Crippen LogP contribution is -2.43. The number of Topliss-reactive ketones (excluding diaryl/α,β-unsaturated/α-hetero) is 1. The Labute approximate surface area is 110 Å². The molecule has 1 aliphatic rings. The van der Waals surface area contributed by atoms with Crippen molar-refractivity contribution in [3.63, 3.8) is 0 Å². The minimum atomic E-state index is -0.526. The SMILES string of the molecule is CC(C(=O)CC1CCC1)N(C)C(=O)OC(C)(C)C. The molecule has 1 unspecified atom stereocenters. The van der Waals surface area contributed by atoms with Crippen LogP contribution >= 0.6 is 0 Å². The van der Waals surface area contributed by atoms with Crippen LogP contribution in [0.4, 0.5) is 4.79 Å². The van der Waals surface area contributed by atoms with Crippen molar-refractivity contribution in [3.05, 3.63) is 0 Å². The lowest BCUT2D eigenvalue weighted by molar-refractivity contribution is -0.124. The molecule has 0 spiro atoms. The van der Waals surface area contributed by atoms with Crippen LogP contribution in [0.15, 0.2) is 0 Å². The van der Waals surface area contributed by atoms with Crippen molar-refractivity contribution in [1.82, 2.24) is 4.90 Å². The summed E-state index contributed by atoms with van der Waals surface area (Å²) in [4.78, 5) is 25.2. The van der Waals surface area contributed by atoms with E-state index in [0.29, 0.717) is 12.3 Å². The molecule has 0 aromatic carbocycles. The van der Waals surface area contributed by atoms with Gasteiger partial charge in [0.25, 0.3) is 0 Å². The number of amides is 1. The van der Waals surface area contributed by atoms with Gasteiger partial charge in [-0.05, 0) is 33.6 Å². The number of hydrogen-bond acceptors (Lipinski definition) is 3. The predicted octanol–water partition coefficient (Wildman–Crippen LogP) is 3.00. The van der Waals surface area contributed by atoms with Crippen LogP contribution in [0.1, 0.15) is 53.4 Å². The van der Waals surface area contributed by atoms with Gasteiger partial charge in [0.15, 0.2) is 5.78 Å². The van der Waals surface area contributed by atoms with Crippen LogP contribution in [-0.2, 0) is 9.53 Å². The van der Waals surface area contributed by atoms with E-state index in [0.717, 1.165) is 12.8 Å². The van der Waals surface area contributed by atoms with Gasteiger partial charge in [0.05, 0.1) is 6.04 Å². The summed E-state index contributed by atoms with van der Waals surface area (Å²) in [5, 5.41) is 0. The number of ketones is 1. The van der Waals surface area contributed by atoms with Gasteiger partial charge in [-0.15, -0.1) is 0 Å². The molecular formula is C14H25NO3. The molecule has 0 radical (unpaired) electrons. The van der Waals surface area contributed by atoms with Gasteiger partial charge in [-0.2, -0.15) is 0 Å². The molecule has 0 heterocycles. The average molecular weight is 255 g/mol. The van der Waals surface area contributed by atoms with E-state index in [9.17, 15) is 9.59 Å². The van der Waals surface area contributed by atoms with Gasteiger partial charge in [-0.25, -0.2) is 4.79 Å². The Morgan fingerprint density at radius 3 is 2.28 bits per heavy atom. The maximum absolute atomic E-state index is 12.0. The molecule has 0 N–H and O–H groups in total. The monoisotopic (exact) mass is 255 g/mol. The minimum Gasteiger partial charge on any atom is -0.444 e. The third kappa shape index (κ3) is 4.31. The van der Waals surface area contributed by atoms with Gasteiger partial charge < -0.3 is 9.64 Å². The van der Waals surface area contributed by atoms with E-state index in [1.54, 1.807) is 14.0 Å². The Morgan fingerprint density at radius 2 is 1.89 bits per heavy atom. The number of nitrogens with zero attached hydrogens (tertiary/aromatic N) is 1. The van der Waals surface area contributed by atoms with Crippen molar-refractivity contribution in [1.29, 1.82) is 0 Å². The topological polar surface area (TPSA) is 46.6 Å². The maximum Gasteiger partial charge on any atom is 0.410 e. The molecule has 18 heavy (non-hydrogen) atoms. The van der Waals surface area contributed by atoms with Crippen LogP contribution in [0, 0.1) is 5.92 Å². The van der Waals surface area contributed by atoms with Gasteiger partial charge in [0.1, 0.15) is 5.60 Å². The fourth-order valence-corrected chi connectivity index (χ4v) is 1.86. The molecule has 0 bridgehead atoms. The summed E-state index contributed by atoms with van der Waals surface area (Å²) >= 11 is 0. The zero-order valence-electron chi connectivity index (χ0n) is 12.2. The number of carbonyl (C=O) groups is 2. The fraction of sp³-hybridized carbons (Fsp3) is 0.857. The fourth-order valence-electron chi connectivity index (χ4n) is 1.86.